The van der Waals surface area contributed by atoms with Crippen LogP contribution < -0.4 is 5.56 Å². The molecule has 4 rings (SSSR count). The number of aromatic amines is 1. The highest BCUT2D eigenvalue weighted by atomic mass is 32.2. The Bertz CT molecular complexity index is 974. The Morgan fingerprint density at radius 3 is 2.91 bits per heavy atom. The highest BCUT2D eigenvalue weighted by Gasteiger charge is 2.38. The number of nitrogens with one attached hydrogen (secondary N) is 1. The lowest BCUT2D eigenvalue weighted by molar-refractivity contribution is 0.439. The van der Waals surface area contributed by atoms with Gasteiger partial charge in [-0.1, -0.05) is 49.9 Å². The number of hydrogen-bond acceptors (Lipinski definition) is 4. The minimum absolute atomic E-state index is 0.00181. The van der Waals surface area contributed by atoms with Crippen LogP contribution in [0.2, 0.25) is 0 Å². The van der Waals surface area contributed by atoms with Crippen LogP contribution in [0.3, 0.4) is 0 Å². The molecular formula is C17H18N4OS. The summed E-state index contributed by atoms with van der Waals surface area (Å²) >= 11 is 1.44. The van der Waals surface area contributed by atoms with Crippen molar-refractivity contribution in [2.24, 2.45) is 0 Å². The number of nitrogens with zero attached hydrogens (tertiary/aromatic N) is 3. The highest BCUT2D eigenvalue weighted by molar-refractivity contribution is 7.98. The highest BCUT2D eigenvalue weighted by Crippen LogP contribution is 2.42. The summed E-state index contributed by atoms with van der Waals surface area (Å²) in [5.41, 5.74) is 3.73. The summed E-state index contributed by atoms with van der Waals surface area (Å²) in [4.78, 5) is 18.0. The maximum Gasteiger partial charge on any atom is 0.265 e. The van der Waals surface area contributed by atoms with Crippen molar-refractivity contribution in [1.82, 2.24) is 19.6 Å². The molecule has 118 valence electrons. The standard InChI is InChI=1S/C17H18N4OS/c1-4-17(2)9-10-7-5-6-8-11(10)13-12(17)14(22)21-15(18-13)19-20-16(21)23-3/h5-8H,4,9H2,1-3H3,(H,18,19). The summed E-state index contributed by atoms with van der Waals surface area (Å²) in [7, 11) is 0. The quantitative estimate of drug-likeness (QED) is 0.735. The van der Waals surface area contributed by atoms with Crippen molar-refractivity contribution in [1.29, 1.82) is 0 Å². The molecule has 1 atom stereocenters. The maximum absolute atomic E-state index is 13.2. The van der Waals surface area contributed by atoms with Crippen LogP contribution in [0.4, 0.5) is 0 Å². The van der Waals surface area contributed by atoms with E-state index in [0.29, 0.717) is 10.9 Å². The predicted octanol–water partition coefficient (Wildman–Crippen LogP) is 3.03. The molecule has 1 aromatic carbocycles. The monoisotopic (exact) mass is 326 g/mol. The van der Waals surface area contributed by atoms with Crippen LogP contribution in [0.1, 0.15) is 31.4 Å². The Hall–Kier alpha value is -2.08. The molecule has 0 amide bonds. The molecular weight excluding hydrogens is 308 g/mol. The Morgan fingerprint density at radius 1 is 1.39 bits per heavy atom. The van der Waals surface area contributed by atoms with Gasteiger partial charge in [0, 0.05) is 11.0 Å². The van der Waals surface area contributed by atoms with E-state index in [1.807, 2.05) is 18.4 Å². The van der Waals surface area contributed by atoms with Gasteiger partial charge in [-0.25, -0.2) is 14.5 Å². The van der Waals surface area contributed by atoms with Crippen LogP contribution in [-0.2, 0) is 11.8 Å². The molecule has 0 aliphatic heterocycles. The lowest BCUT2D eigenvalue weighted by Crippen LogP contribution is -2.37. The van der Waals surface area contributed by atoms with Crippen molar-refractivity contribution in [2.45, 2.75) is 37.3 Å². The average molecular weight is 326 g/mol. The zero-order valence-electron chi connectivity index (χ0n) is 13.4. The van der Waals surface area contributed by atoms with E-state index in [0.717, 1.165) is 29.7 Å². The van der Waals surface area contributed by atoms with Crippen molar-refractivity contribution in [2.75, 3.05) is 6.26 Å². The molecule has 0 fully saturated rings. The molecule has 0 saturated heterocycles. The first kappa shape index (κ1) is 14.5. The Morgan fingerprint density at radius 2 is 2.17 bits per heavy atom. The average Bonchev–Trinajstić information content (AvgIpc) is 2.98. The van der Waals surface area contributed by atoms with E-state index >= 15 is 0 Å². The van der Waals surface area contributed by atoms with E-state index in [4.69, 9.17) is 4.98 Å². The second-order valence-corrected chi connectivity index (χ2v) is 7.03. The van der Waals surface area contributed by atoms with E-state index in [1.54, 1.807) is 4.40 Å². The molecule has 2 heterocycles. The normalized spacial score (nSPS) is 19.6. The molecule has 0 saturated carbocycles. The second kappa shape index (κ2) is 4.96. The molecule has 23 heavy (non-hydrogen) atoms. The SMILES string of the molecule is CCC1(C)Cc2ccccc2-c2nc3[nH]nc(SC)n3c(=O)c21. The Kier molecular flexibility index (Phi) is 3.13. The Balaban J connectivity index is 2.17. The Labute approximate surface area is 138 Å². The van der Waals surface area contributed by atoms with Crippen LogP contribution in [0.5, 0.6) is 0 Å². The van der Waals surface area contributed by atoms with Gasteiger partial charge in [0.1, 0.15) is 0 Å². The largest absolute Gasteiger partial charge is 0.268 e. The first-order valence-corrected chi connectivity index (χ1v) is 8.95. The van der Waals surface area contributed by atoms with Crippen LogP contribution in [0, 0.1) is 0 Å². The van der Waals surface area contributed by atoms with E-state index in [-0.39, 0.29) is 11.0 Å². The van der Waals surface area contributed by atoms with Gasteiger partial charge in [0.2, 0.25) is 5.78 Å². The lowest BCUT2D eigenvalue weighted by atomic mass is 9.69. The summed E-state index contributed by atoms with van der Waals surface area (Å²) in [6.45, 7) is 4.30. The number of H-pyrrole nitrogens is 1. The summed E-state index contributed by atoms with van der Waals surface area (Å²) < 4.78 is 1.60. The van der Waals surface area contributed by atoms with Gasteiger partial charge in [-0.05, 0) is 24.7 Å². The van der Waals surface area contributed by atoms with Gasteiger partial charge in [-0.3, -0.25) is 4.79 Å². The number of fused-ring (bicyclic) bond motifs is 4. The first-order valence-electron chi connectivity index (χ1n) is 7.73. The number of hydrogen-bond donors (Lipinski definition) is 1. The van der Waals surface area contributed by atoms with Gasteiger partial charge in [0.25, 0.3) is 5.56 Å². The minimum atomic E-state index is -0.206. The third-order valence-corrected chi connectivity index (χ3v) is 5.58. The van der Waals surface area contributed by atoms with Crippen molar-refractivity contribution >= 4 is 17.5 Å². The van der Waals surface area contributed by atoms with Gasteiger partial charge in [0.05, 0.1) is 11.3 Å². The molecule has 2 aromatic heterocycles. The molecule has 3 aromatic rings. The lowest BCUT2D eigenvalue weighted by Gasteiger charge is -2.34. The molecule has 0 bridgehead atoms. The molecule has 1 N–H and O–H groups in total. The van der Waals surface area contributed by atoms with Crippen LogP contribution in [0.25, 0.3) is 17.0 Å². The number of aromatic nitrogens is 4. The molecule has 5 nitrogen and oxygen atoms in total. The van der Waals surface area contributed by atoms with Crippen molar-refractivity contribution in [3.8, 4) is 11.3 Å². The van der Waals surface area contributed by atoms with Gasteiger partial charge < -0.3 is 0 Å². The van der Waals surface area contributed by atoms with Crippen LogP contribution in [0.15, 0.2) is 34.2 Å². The number of benzene rings is 1. The van der Waals surface area contributed by atoms with E-state index in [9.17, 15) is 4.79 Å². The van der Waals surface area contributed by atoms with Crippen LogP contribution in [-0.4, -0.2) is 25.8 Å². The fraction of sp³-hybridized carbons (Fsp3) is 0.353. The molecule has 1 aliphatic carbocycles. The molecule has 1 aliphatic rings. The third-order valence-electron chi connectivity index (χ3n) is 4.95. The van der Waals surface area contributed by atoms with Crippen molar-refractivity contribution < 1.29 is 0 Å². The molecule has 0 radical (unpaired) electrons. The molecule has 0 spiro atoms. The maximum atomic E-state index is 13.2. The van der Waals surface area contributed by atoms with Gasteiger partial charge >= 0.3 is 0 Å². The number of thioether (sulfide) groups is 1. The number of rotatable bonds is 2. The summed E-state index contributed by atoms with van der Waals surface area (Å²) in [5, 5.41) is 7.75. The molecule has 6 heteroatoms. The third kappa shape index (κ3) is 1.91. The van der Waals surface area contributed by atoms with Crippen molar-refractivity contribution in [3.05, 3.63) is 45.7 Å². The van der Waals surface area contributed by atoms with E-state index in [1.165, 1.54) is 17.3 Å². The summed E-state index contributed by atoms with van der Waals surface area (Å²) in [5.74, 6) is 0.508. The fourth-order valence-electron chi connectivity index (χ4n) is 3.51. The van der Waals surface area contributed by atoms with E-state index < -0.39 is 0 Å². The van der Waals surface area contributed by atoms with Crippen molar-refractivity contribution in [3.63, 3.8) is 0 Å². The van der Waals surface area contributed by atoms with Gasteiger partial charge in [0.15, 0.2) is 5.16 Å². The summed E-state index contributed by atoms with van der Waals surface area (Å²) in [6, 6.07) is 8.24. The first-order chi connectivity index (χ1) is 11.1. The topological polar surface area (TPSA) is 63.1 Å². The van der Waals surface area contributed by atoms with E-state index in [2.05, 4.69) is 36.2 Å². The minimum Gasteiger partial charge on any atom is -0.268 e. The summed E-state index contributed by atoms with van der Waals surface area (Å²) in [6.07, 6.45) is 3.67. The zero-order valence-corrected chi connectivity index (χ0v) is 14.2. The van der Waals surface area contributed by atoms with Crippen LogP contribution >= 0.6 is 11.8 Å². The molecule has 1 unspecified atom stereocenters. The predicted molar refractivity (Wildman–Crippen MR) is 92.2 cm³/mol. The second-order valence-electron chi connectivity index (χ2n) is 6.26. The fourth-order valence-corrected chi connectivity index (χ4v) is 4.00. The smallest absolute Gasteiger partial charge is 0.265 e. The zero-order chi connectivity index (χ0) is 16.2. The van der Waals surface area contributed by atoms with Gasteiger partial charge in [-0.15, -0.1) is 5.10 Å². The van der Waals surface area contributed by atoms with Gasteiger partial charge in [-0.2, -0.15) is 0 Å².